The number of amides is 1. The molecule has 0 spiro atoms. The van der Waals surface area contributed by atoms with Crippen molar-refractivity contribution in [2.75, 3.05) is 6.61 Å². The van der Waals surface area contributed by atoms with E-state index in [1.807, 2.05) is 0 Å². The normalized spacial score (nSPS) is 12.8. The van der Waals surface area contributed by atoms with Gasteiger partial charge in [-0.1, -0.05) is 0 Å². The quantitative estimate of drug-likeness (QED) is 0.612. The highest BCUT2D eigenvalue weighted by Crippen LogP contribution is 2.14. The molecule has 90 valence electrons. The number of nitrogens with two attached hydrogens (primary N) is 1. The first-order chi connectivity index (χ1) is 8.13. The van der Waals surface area contributed by atoms with Crippen LogP contribution in [-0.2, 0) is 6.42 Å². The van der Waals surface area contributed by atoms with Crippen molar-refractivity contribution in [3.05, 3.63) is 29.7 Å². The van der Waals surface area contributed by atoms with Gasteiger partial charge in [0.1, 0.15) is 5.56 Å². The lowest BCUT2D eigenvalue weighted by atomic mass is 10.1. The Kier molecular flexibility index (Phi) is 3.03. The van der Waals surface area contributed by atoms with Gasteiger partial charge >= 0.3 is 0 Å². The Hall–Kier alpha value is -1.99. The highest BCUT2D eigenvalue weighted by Gasteiger charge is 2.20. The van der Waals surface area contributed by atoms with Crippen molar-refractivity contribution in [1.29, 1.82) is 0 Å². The maximum Gasteiger partial charge on any atom is 0.254 e. The topological polar surface area (TPSA) is 114 Å². The summed E-state index contributed by atoms with van der Waals surface area (Å²) in [6.45, 7) is -0.403. The Morgan fingerprint density at radius 2 is 2.35 bits per heavy atom. The molecule has 2 aromatic rings. The molecule has 2 aromatic heterocycles. The summed E-state index contributed by atoms with van der Waals surface area (Å²) in [5.41, 5.74) is 6.12. The SMILES string of the molecule is NC(=O)c1c(C[C@H](O)CO)nn2cccnc12. The zero-order valence-corrected chi connectivity index (χ0v) is 8.95. The van der Waals surface area contributed by atoms with Crippen molar-refractivity contribution in [2.45, 2.75) is 12.5 Å². The van der Waals surface area contributed by atoms with Crippen LogP contribution in [0.1, 0.15) is 16.1 Å². The lowest BCUT2D eigenvalue weighted by molar-refractivity contribution is 0.0934. The molecule has 1 amide bonds. The van der Waals surface area contributed by atoms with Crippen LogP contribution in [-0.4, -0.2) is 43.4 Å². The molecule has 0 saturated heterocycles. The number of primary amides is 1. The van der Waals surface area contributed by atoms with Crippen LogP contribution in [0.5, 0.6) is 0 Å². The molecule has 0 aromatic carbocycles. The number of rotatable bonds is 4. The summed E-state index contributed by atoms with van der Waals surface area (Å²) in [5.74, 6) is -0.654. The van der Waals surface area contributed by atoms with Gasteiger partial charge in [0.05, 0.1) is 18.4 Å². The van der Waals surface area contributed by atoms with Gasteiger partial charge in [-0.25, -0.2) is 9.50 Å². The van der Waals surface area contributed by atoms with Gasteiger partial charge in [0.25, 0.3) is 5.91 Å². The Bertz CT molecular complexity index is 551. The standard InChI is InChI=1S/C10H12N4O3/c11-9(17)8-7(4-6(16)5-15)13-14-3-1-2-12-10(8)14/h1-3,6,15-16H,4-5H2,(H2,11,17)/t6-/m0/s1. The third-order valence-corrected chi connectivity index (χ3v) is 2.35. The highest BCUT2D eigenvalue weighted by molar-refractivity contribution is 5.99. The summed E-state index contributed by atoms with van der Waals surface area (Å²) in [7, 11) is 0. The molecule has 0 saturated carbocycles. The average Bonchev–Trinajstić information content (AvgIpc) is 2.66. The average molecular weight is 236 g/mol. The Morgan fingerprint density at radius 3 is 3.00 bits per heavy atom. The molecule has 0 bridgehead atoms. The minimum Gasteiger partial charge on any atom is -0.394 e. The van der Waals surface area contributed by atoms with E-state index in [0.717, 1.165) is 0 Å². The molecule has 0 aliphatic rings. The van der Waals surface area contributed by atoms with Crippen LogP contribution in [0.2, 0.25) is 0 Å². The minimum atomic E-state index is -0.974. The van der Waals surface area contributed by atoms with E-state index in [1.165, 1.54) is 10.7 Å². The minimum absolute atomic E-state index is 0.0537. The first-order valence-corrected chi connectivity index (χ1v) is 5.04. The maximum atomic E-state index is 11.4. The monoisotopic (exact) mass is 236 g/mol. The van der Waals surface area contributed by atoms with Gasteiger partial charge in [-0.2, -0.15) is 5.10 Å². The molecule has 7 heteroatoms. The third kappa shape index (κ3) is 2.10. The van der Waals surface area contributed by atoms with Gasteiger partial charge in [0, 0.05) is 18.8 Å². The van der Waals surface area contributed by atoms with Gasteiger partial charge in [0.2, 0.25) is 0 Å². The van der Waals surface area contributed by atoms with Gasteiger partial charge in [0.15, 0.2) is 5.65 Å². The molecule has 2 rings (SSSR count). The molecule has 0 fully saturated rings. The fraction of sp³-hybridized carbons (Fsp3) is 0.300. The van der Waals surface area contributed by atoms with E-state index in [1.54, 1.807) is 12.3 Å². The van der Waals surface area contributed by atoms with Crippen LogP contribution >= 0.6 is 0 Å². The fourth-order valence-electron chi connectivity index (χ4n) is 1.62. The summed E-state index contributed by atoms with van der Waals surface area (Å²) >= 11 is 0. The number of carbonyl (C=O) groups is 1. The maximum absolute atomic E-state index is 11.4. The molecule has 0 radical (unpaired) electrons. The molecule has 2 heterocycles. The van der Waals surface area contributed by atoms with Crippen molar-refractivity contribution in [3.63, 3.8) is 0 Å². The third-order valence-electron chi connectivity index (χ3n) is 2.35. The number of hydrogen-bond donors (Lipinski definition) is 3. The van der Waals surface area contributed by atoms with Crippen molar-refractivity contribution in [2.24, 2.45) is 5.73 Å². The lowest BCUT2D eigenvalue weighted by Gasteiger charge is -2.04. The summed E-state index contributed by atoms with van der Waals surface area (Å²) < 4.78 is 1.42. The van der Waals surface area contributed by atoms with E-state index in [0.29, 0.717) is 11.3 Å². The molecule has 0 unspecified atom stereocenters. The summed E-state index contributed by atoms with van der Waals surface area (Å²) in [6.07, 6.45) is 2.23. The van der Waals surface area contributed by atoms with Gasteiger partial charge in [-0.15, -0.1) is 0 Å². The zero-order chi connectivity index (χ0) is 12.4. The largest absolute Gasteiger partial charge is 0.394 e. The highest BCUT2D eigenvalue weighted by atomic mass is 16.3. The van der Waals surface area contributed by atoms with Crippen LogP contribution < -0.4 is 5.73 Å². The van der Waals surface area contributed by atoms with Crippen LogP contribution in [0, 0.1) is 0 Å². The number of aromatic nitrogens is 3. The van der Waals surface area contributed by atoms with Crippen LogP contribution in [0.25, 0.3) is 5.65 Å². The van der Waals surface area contributed by atoms with Gasteiger partial charge in [-0.3, -0.25) is 4.79 Å². The Balaban J connectivity index is 2.54. The van der Waals surface area contributed by atoms with E-state index in [2.05, 4.69) is 10.1 Å². The van der Waals surface area contributed by atoms with Crippen LogP contribution in [0.4, 0.5) is 0 Å². The van der Waals surface area contributed by atoms with Crippen molar-refractivity contribution in [3.8, 4) is 0 Å². The van der Waals surface area contributed by atoms with Crippen LogP contribution in [0.15, 0.2) is 18.5 Å². The van der Waals surface area contributed by atoms with E-state index in [-0.39, 0.29) is 12.0 Å². The van der Waals surface area contributed by atoms with E-state index in [4.69, 9.17) is 10.8 Å². The van der Waals surface area contributed by atoms with Gasteiger partial charge < -0.3 is 15.9 Å². The van der Waals surface area contributed by atoms with Gasteiger partial charge in [-0.05, 0) is 6.07 Å². The van der Waals surface area contributed by atoms with E-state index < -0.39 is 18.6 Å². The first-order valence-electron chi connectivity index (χ1n) is 5.04. The Labute approximate surface area is 96.5 Å². The number of fused-ring (bicyclic) bond motifs is 1. The number of aliphatic hydroxyl groups is 2. The molecule has 1 atom stereocenters. The number of aliphatic hydroxyl groups excluding tert-OH is 2. The summed E-state index contributed by atoms with van der Waals surface area (Å²) in [4.78, 5) is 15.4. The van der Waals surface area contributed by atoms with Crippen molar-refractivity contribution in [1.82, 2.24) is 14.6 Å². The second kappa shape index (κ2) is 4.48. The molecular formula is C10H12N4O3. The molecular weight excluding hydrogens is 224 g/mol. The predicted octanol–water partition coefficient (Wildman–Crippen LogP) is -1.28. The van der Waals surface area contributed by atoms with E-state index in [9.17, 15) is 9.90 Å². The summed E-state index contributed by atoms with van der Waals surface area (Å²) in [6, 6.07) is 1.66. The fourth-order valence-corrected chi connectivity index (χ4v) is 1.62. The molecule has 17 heavy (non-hydrogen) atoms. The van der Waals surface area contributed by atoms with Crippen molar-refractivity contribution >= 4 is 11.6 Å². The molecule has 0 aliphatic heterocycles. The Morgan fingerprint density at radius 1 is 1.59 bits per heavy atom. The number of carbonyl (C=O) groups excluding carboxylic acids is 1. The number of hydrogen-bond acceptors (Lipinski definition) is 5. The zero-order valence-electron chi connectivity index (χ0n) is 8.95. The van der Waals surface area contributed by atoms with E-state index >= 15 is 0 Å². The van der Waals surface area contributed by atoms with Crippen molar-refractivity contribution < 1.29 is 15.0 Å². The first kappa shape index (κ1) is 11.5. The molecule has 7 nitrogen and oxygen atoms in total. The number of nitrogens with zero attached hydrogens (tertiary/aromatic N) is 3. The summed E-state index contributed by atoms with van der Waals surface area (Å²) in [5, 5.41) is 22.3. The molecule has 4 N–H and O–H groups in total. The lowest BCUT2D eigenvalue weighted by Crippen LogP contribution is -2.19. The predicted molar refractivity (Wildman–Crippen MR) is 58.3 cm³/mol. The second-order valence-electron chi connectivity index (χ2n) is 3.61. The van der Waals surface area contributed by atoms with Crippen LogP contribution in [0.3, 0.4) is 0 Å². The molecule has 0 aliphatic carbocycles. The second-order valence-corrected chi connectivity index (χ2v) is 3.61. The smallest absolute Gasteiger partial charge is 0.254 e.